The predicted octanol–water partition coefficient (Wildman–Crippen LogP) is 0.595. The maximum atomic E-state index is 10.7. The highest BCUT2D eigenvalue weighted by molar-refractivity contribution is 5.47. The third-order valence-electron chi connectivity index (χ3n) is 2.03. The quantitative estimate of drug-likeness (QED) is 0.562. The minimum absolute atomic E-state index is 0.114. The average molecular weight is 212 g/mol. The molecule has 0 amide bonds. The van der Waals surface area contributed by atoms with E-state index < -0.39 is 11.0 Å². The summed E-state index contributed by atoms with van der Waals surface area (Å²) in [5.74, 6) is 0.472. The molecule has 0 saturated heterocycles. The number of nitrogens with two attached hydrogens (primary N) is 1. The average Bonchev–Trinajstić information content (AvgIpc) is 2.26. The topological polar surface area (TPSA) is 98.6 Å². The molecule has 0 aliphatic heterocycles. The highest BCUT2D eigenvalue weighted by atomic mass is 16.6. The van der Waals surface area contributed by atoms with E-state index >= 15 is 0 Å². The van der Waals surface area contributed by atoms with Crippen LogP contribution in [0.15, 0.2) is 18.2 Å². The Kier molecular flexibility index (Phi) is 3.59. The summed E-state index contributed by atoms with van der Waals surface area (Å²) in [7, 11) is 1.45. The Hall–Kier alpha value is -1.66. The van der Waals surface area contributed by atoms with Crippen molar-refractivity contribution in [3.63, 3.8) is 0 Å². The van der Waals surface area contributed by atoms with Gasteiger partial charge in [-0.1, -0.05) is 0 Å². The lowest BCUT2D eigenvalue weighted by Crippen LogP contribution is -2.16. The molecule has 1 atom stereocenters. The molecule has 1 aromatic rings. The van der Waals surface area contributed by atoms with Crippen LogP contribution in [0.2, 0.25) is 0 Å². The molecule has 0 aliphatic carbocycles. The zero-order valence-corrected chi connectivity index (χ0v) is 8.21. The van der Waals surface area contributed by atoms with Crippen molar-refractivity contribution >= 4 is 5.69 Å². The summed E-state index contributed by atoms with van der Waals surface area (Å²) in [4.78, 5) is 10.1. The van der Waals surface area contributed by atoms with Crippen molar-refractivity contribution in [1.29, 1.82) is 0 Å². The van der Waals surface area contributed by atoms with Crippen LogP contribution in [0.1, 0.15) is 11.6 Å². The molecular weight excluding hydrogens is 200 g/mol. The fourth-order valence-electron chi connectivity index (χ4n) is 1.22. The van der Waals surface area contributed by atoms with Gasteiger partial charge in [-0.15, -0.1) is 0 Å². The van der Waals surface area contributed by atoms with E-state index in [4.69, 9.17) is 15.6 Å². The SMILES string of the molecule is COc1ccc([N+](=O)[O-])c(C(N)CO)c1. The summed E-state index contributed by atoms with van der Waals surface area (Å²) < 4.78 is 4.92. The Morgan fingerprint density at radius 3 is 2.80 bits per heavy atom. The highest BCUT2D eigenvalue weighted by Gasteiger charge is 2.19. The molecule has 0 saturated carbocycles. The smallest absolute Gasteiger partial charge is 0.274 e. The predicted molar refractivity (Wildman–Crippen MR) is 53.7 cm³/mol. The monoisotopic (exact) mass is 212 g/mol. The van der Waals surface area contributed by atoms with Crippen molar-refractivity contribution in [3.05, 3.63) is 33.9 Å². The summed E-state index contributed by atoms with van der Waals surface area (Å²) in [6.45, 7) is -0.353. The second-order valence-electron chi connectivity index (χ2n) is 2.97. The van der Waals surface area contributed by atoms with Gasteiger partial charge < -0.3 is 15.6 Å². The first-order chi connectivity index (χ1) is 7.10. The van der Waals surface area contributed by atoms with Gasteiger partial charge in [0.05, 0.1) is 30.2 Å². The molecule has 15 heavy (non-hydrogen) atoms. The molecule has 1 aromatic carbocycles. The van der Waals surface area contributed by atoms with Gasteiger partial charge in [0.15, 0.2) is 0 Å². The Balaban J connectivity index is 3.22. The summed E-state index contributed by atoms with van der Waals surface area (Å²) in [6.07, 6.45) is 0. The van der Waals surface area contributed by atoms with Crippen LogP contribution in [0, 0.1) is 10.1 Å². The first-order valence-corrected chi connectivity index (χ1v) is 4.29. The third kappa shape index (κ3) is 2.42. The van der Waals surface area contributed by atoms with Gasteiger partial charge in [0.2, 0.25) is 0 Å². The molecular formula is C9H12N2O4. The van der Waals surface area contributed by atoms with E-state index in [2.05, 4.69) is 0 Å². The molecule has 0 spiro atoms. The van der Waals surface area contributed by atoms with Crippen LogP contribution in [0.25, 0.3) is 0 Å². The fourth-order valence-corrected chi connectivity index (χ4v) is 1.22. The Bertz CT molecular complexity index is 367. The number of nitro benzene ring substituents is 1. The number of hydrogen-bond acceptors (Lipinski definition) is 5. The maximum Gasteiger partial charge on any atom is 0.274 e. The van der Waals surface area contributed by atoms with E-state index in [0.717, 1.165) is 0 Å². The molecule has 0 radical (unpaired) electrons. The number of ether oxygens (including phenoxy) is 1. The number of aliphatic hydroxyl groups excluding tert-OH is 1. The van der Waals surface area contributed by atoms with E-state index in [1.54, 1.807) is 0 Å². The molecule has 0 fully saturated rings. The van der Waals surface area contributed by atoms with Crippen LogP contribution >= 0.6 is 0 Å². The Labute approximate surface area is 86.4 Å². The molecule has 0 aromatic heterocycles. The molecule has 0 aliphatic rings. The van der Waals surface area contributed by atoms with Gasteiger partial charge in [-0.25, -0.2) is 0 Å². The molecule has 3 N–H and O–H groups in total. The lowest BCUT2D eigenvalue weighted by molar-refractivity contribution is -0.385. The first-order valence-electron chi connectivity index (χ1n) is 4.29. The van der Waals surface area contributed by atoms with Gasteiger partial charge in [-0.05, 0) is 12.1 Å². The minimum Gasteiger partial charge on any atom is -0.497 e. The van der Waals surface area contributed by atoms with Crippen molar-refractivity contribution in [1.82, 2.24) is 0 Å². The van der Waals surface area contributed by atoms with Gasteiger partial charge in [-0.2, -0.15) is 0 Å². The Morgan fingerprint density at radius 2 is 2.33 bits per heavy atom. The van der Waals surface area contributed by atoms with Crippen LogP contribution < -0.4 is 10.5 Å². The van der Waals surface area contributed by atoms with Crippen molar-refractivity contribution in [2.75, 3.05) is 13.7 Å². The van der Waals surface area contributed by atoms with Crippen molar-refractivity contribution in [3.8, 4) is 5.75 Å². The maximum absolute atomic E-state index is 10.7. The first kappa shape index (κ1) is 11.4. The van der Waals surface area contributed by atoms with E-state index in [1.165, 1.54) is 25.3 Å². The number of nitro groups is 1. The van der Waals surface area contributed by atoms with Crippen LogP contribution in [0.3, 0.4) is 0 Å². The van der Waals surface area contributed by atoms with Gasteiger partial charge >= 0.3 is 0 Å². The molecule has 6 heteroatoms. The van der Waals surface area contributed by atoms with Crippen LogP contribution in [-0.2, 0) is 0 Å². The molecule has 6 nitrogen and oxygen atoms in total. The number of methoxy groups -OCH3 is 1. The molecule has 0 heterocycles. The molecule has 82 valence electrons. The van der Waals surface area contributed by atoms with Crippen LogP contribution in [0.5, 0.6) is 5.75 Å². The number of hydrogen-bond donors (Lipinski definition) is 2. The van der Waals surface area contributed by atoms with Gasteiger partial charge in [0.1, 0.15) is 5.75 Å². The van der Waals surface area contributed by atoms with Gasteiger partial charge in [0, 0.05) is 6.07 Å². The number of benzene rings is 1. The fraction of sp³-hybridized carbons (Fsp3) is 0.333. The van der Waals surface area contributed by atoms with Crippen molar-refractivity contribution in [2.24, 2.45) is 5.73 Å². The zero-order chi connectivity index (χ0) is 11.4. The normalized spacial score (nSPS) is 12.2. The van der Waals surface area contributed by atoms with E-state index in [0.29, 0.717) is 5.75 Å². The lowest BCUT2D eigenvalue weighted by Gasteiger charge is -2.10. The van der Waals surface area contributed by atoms with Crippen molar-refractivity contribution in [2.45, 2.75) is 6.04 Å². The zero-order valence-electron chi connectivity index (χ0n) is 8.21. The molecule has 1 unspecified atom stereocenters. The molecule has 1 rings (SSSR count). The standard InChI is InChI=1S/C9H12N2O4/c1-15-6-2-3-9(11(13)14)7(4-6)8(10)5-12/h2-4,8,12H,5,10H2,1H3. The second-order valence-corrected chi connectivity index (χ2v) is 2.97. The summed E-state index contributed by atoms with van der Waals surface area (Å²) in [5.41, 5.74) is 5.70. The minimum atomic E-state index is -0.777. The lowest BCUT2D eigenvalue weighted by atomic mass is 10.1. The number of aliphatic hydroxyl groups is 1. The Morgan fingerprint density at radius 1 is 1.67 bits per heavy atom. The summed E-state index contributed by atoms with van der Waals surface area (Å²) >= 11 is 0. The van der Waals surface area contributed by atoms with Crippen molar-refractivity contribution < 1.29 is 14.8 Å². The summed E-state index contributed by atoms with van der Waals surface area (Å²) in [5, 5.41) is 19.5. The van der Waals surface area contributed by atoms with E-state index in [9.17, 15) is 10.1 Å². The van der Waals surface area contributed by atoms with E-state index in [-0.39, 0.29) is 17.9 Å². The second kappa shape index (κ2) is 4.72. The van der Waals surface area contributed by atoms with Crippen LogP contribution in [-0.4, -0.2) is 23.7 Å². The number of nitrogens with zero attached hydrogens (tertiary/aromatic N) is 1. The summed E-state index contributed by atoms with van der Waals surface area (Å²) in [6, 6.07) is 3.47. The molecule has 0 bridgehead atoms. The largest absolute Gasteiger partial charge is 0.497 e. The van der Waals surface area contributed by atoms with Crippen LogP contribution in [0.4, 0.5) is 5.69 Å². The third-order valence-corrected chi connectivity index (χ3v) is 2.03. The van der Waals surface area contributed by atoms with E-state index in [1.807, 2.05) is 0 Å². The number of rotatable bonds is 4. The van der Waals surface area contributed by atoms with Gasteiger partial charge in [-0.3, -0.25) is 10.1 Å². The van der Waals surface area contributed by atoms with Gasteiger partial charge in [0.25, 0.3) is 5.69 Å². The highest BCUT2D eigenvalue weighted by Crippen LogP contribution is 2.27.